The fourth-order valence-electron chi connectivity index (χ4n) is 5.91. The monoisotopic (exact) mass is 789 g/mol. The third-order valence-electron chi connectivity index (χ3n) is 9.33. The lowest BCUT2D eigenvalue weighted by molar-refractivity contribution is -0.305. The molecule has 1 saturated heterocycles. The van der Waals surface area contributed by atoms with E-state index in [1.807, 2.05) is 0 Å². The number of carbonyl (C=O) groups is 2. The van der Waals surface area contributed by atoms with Gasteiger partial charge in [-0.1, -0.05) is 125 Å². The topological polar surface area (TPSA) is 152 Å². The molecule has 1 fully saturated rings. The van der Waals surface area contributed by atoms with Crippen LogP contribution in [-0.4, -0.2) is 89.0 Å². The first-order valence-electron chi connectivity index (χ1n) is 21.5. The second-order valence-corrected chi connectivity index (χ2v) is 14.4. The minimum Gasteiger partial charge on any atom is -0.462 e. The van der Waals surface area contributed by atoms with Gasteiger partial charge in [-0.15, -0.1) is 0 Å². The van der Waals surface area contributed by atoms with Gasteiger partial charge in [-0.05, 0) is 83.5 Å². The van der Waals surface area contributed by atoms with Gasteiger partial charge in [0.15, 0.2) is 12.4 Å². The largest absolute Gasteiger partial charge is 0.462 e. The molecular formula is C46H76O10. The number of rotatable bonds is 34. The molecule has 56 heavy (non-hydrogen) atoms. The van der Waals surface area contributed by atoms with Gasteiger partial charge in [-0.25, -0.2) is 0 Å². The van der Waals surface area contributed by atoms with Gasteiger partial charge in [0.05, 0.1) is 13.2 Å². The second-order valence-electron chi connectivity index (χ2n) is 14.4. The zero-order valence-corrected chi connectivity index (χ0v) is 34.6. The van der Waals surface area contributed by atoms with E-state index in [9.17, 15) is 30.0 Å². The number of unbranched alkanes of at least 4 members (excludes halogenated alkanes) is 11. The van der Waals surface area contributed by atoms with Crippen LogP contribution in [0, 0.1) is 0 Å². The third kappa shape index (κ3) is 27.7. The average molecular weight is 789 g/mol. The fourth-order valence-corrected chi connectivity index (χ4v) is 5.91. The lowest BCUT2D eigenvalue weighted by Crippen LogP contribution is -2.59. The minimum absolute atomic E-state index is 0.208. The van der Waals surface area contributed by atoms with Gasteiger partial charge in [-0.3, -0.25) is 9.59 Å². The Kier molecular flexibility index (Phi) is 33.3. The highest BCUT2D eigenvalue weighted by Crippen LogP contribution is 2.22. The molecule has 1 aliphatic rings. The molecule has 2 unspecified atom stereocenters. The Morgan fingerprint density at radius 2 is 1.05 bits per heavy atom. The Bertz CT molecular complexity index is 1140. The molecule has 10 nitrogen and oxygen atoms in total. The third-order valence-corrected chi connectivity index (χ3v) is 9.33. The molecule has 1 aliphatic heterocycles. The molecule has 0 spiro atoms. The van der Waals surface area contributed by atoms with Gasteiger partial charge in [-0.2, -0.15) is 0 Å². The van der Waals surface area contributed by atoms with E-state index >= 15 is 0 Å². The maximum Gasteiger partial charge on any atom is 0.306 e. The number of hydrogen-bond donors (Lipinski definition) is 4. The van der Waals surface area contributed by atoms with Crippen LogP contribution in [0.25, 0.3) is 0 Å². The summed E-state index contributed by atoms with van der Waals surface area (Å²) in [4.78, 5) is 25.3. The zero-order valence-electron chi connectivity index (χ0n) is 34.6. The molecule has 0 bridgehead atoms. The molecule has 10 heteroatoms. The molecule has 0 aromatic carbocycles. The summed E-state index contributed by atoms with van der Waals surface area (Å²) in [5.74, 6) is -0.863. The summed E-state index contributed by atoms with van der Waals surface area (Å²) in [6, 6.07) is 0. The molecule has 320 valence electrons. The van der Waals surface area contributed by atoms with Gasteiger partial charge in [0, 0.05) is 12.8 Å². The maximum absolute atomic E-state index is 12.7. The van der Waals surface area contributed by atoms with Crippen molar-refractivity contribution < 1.29 is 49.0 Å². The zero-order chi connectivity index (χ0) is 40.9. The highest BCUT2D eigenvalue weighted by atomic mass is 16.7. The first-order chi connectivity index (χ1) is 27.3. The van der Waals surface area contributed by atoms with Crippen LogP contribution in [0.15, 0.2) is 72.9 Å². The number of esters is 2. The predicted molar refractivity (Wildman–Crippen MR) is 224 cm³/mol. The van der Waals surface area contributed by atoms with E-state index in [4.69, 9.17) is 18.9 Å². The summed E-state index contributed by atoms with van der Waals surface area (Å²) in [7, 11) is 0. The molecule has 4 N–H and O–H groups in total. The summed E-state index contributed by atoms with van der Waals surface area (Å²) in [5, 5.41) is 40.0. The Labute approximate surface area is 338 Å². The lowest BCUT2D eigenvalue weighted by Gasteiger charge is -2.39. The van der Waals surface area contributed by atoms with Gasteiger partial charge in [0.2, 0.25) is 0 Å². The van der Waals surface area contributed by atoms with E-state index in [2.05, 4.69) is 86.8 Å². The minimum atomic E-state index is -1.60. The predicted octanol–water partition coefficient (Wildman–Crippen LogP) is 8.83. The average Bonchev–Trinajstić information content (AvgIpc) is 3.19. The Hall–Kier alpha value is -2.86. The van der Waals surface area contributed by atoms with Gasteiger partial charge in [0.1, 0.15) is 31.0 Å². The van der Waals surface area contributed by atoms with Crippen LogP contribution in [0.1, 0.15) is 149 Å². The SMILES string of the molecule is CC/C=C/C/C=C/C/C=C/C/C=C/C/C=C/CCCCCC(=O)OC[C@@H](CO[C@H]1O[C@@H](CO)[C@@H](O)C(O)C1O)OC(=O)CCCCCCC/C=C/CCCCC. The first kappa shape index (κ1) is 51.2. The van der Waals surface area contributed by atoms with Crippen molar-refractivity contribution >= 4 is 11.9 Å². The van der Waals surface area contributed by atoms with E-state index < -0.39 is 55.4 Å². The summed E-state index contributed by atoms with van der Waals surface area (Å²) in [5.41, 5.74) is 0. The number of ether oxygens (including phenoxy) is 4. The fraction of sp³-hybridized carbons (Fsp3) is 0.696. The maximum atomic E-state index is 12.7. The van der Waals surface area contributed by atoms with Crippen molar-refractivity contribution in [3.63, 3.8) is 0 Å². The van der Waals surface area contributed by atoms with Crippen LogP contribution in [0.2, 0.25) is 0 Å². The molecule has 1 rings (SSSR count). The molecule has 0 aromatic heterocycles. The van der Waals surface area contributed by atoms with E-state index in [-0.39, 0.29) is 26.1 Å². The second kappa shape index (κ2) is 36.5. The van der Waals surface area contributed by atoms with Gasteiger partial charge >= 0.3 is 11.9 Å². The molecule has 0 saturated carbocycles. The van der Waals surface area contributed by atoms with E-state index in [0.29, 0.717) is 12.8 Å². The first-order valence-corrected chi connectivity index (χ1v) is 21.5. The van der Waals surface area contributed by atoms with Crippen LogP contribution in [0.4, 0.5) is 0 Å². The summed E-state index contributed by atoms with van der Waals surface area (Å²) in [6.07, 6.45) is 37.6. The van der Waals surface area contributed by atoms with Crippen molar-refractivity contribution in [3.8, 4) is 0 Å². The molecule has 0 amide bonds. The molecule has 0 aromatic rings. The van der Waals surface area contributed by atoms with Crippen LogP contribution >= 0.6 is 0 Å². The molecule has 0 radical (unpaired) electrons. The van der Waals surface area contributed by atoms with Gasteiger partial charge < -0.3 is 39.4 Å². The van der Waals surface area contributed by atoms with E-state index in [0.717, 1.165) is 89.9 Å². The summed E-state index contributed by atoms with van der Waals surface area (Å²) < 4.78 is 22.1. The molecule has 1 heterocycles. The molecule has 6 atom stereocenters. The molecule has 0 aliphatic carbocycles. The van der Waals surface area contributed by atoms with Crippen LogP contribution in [0.3, 0.4) is 0 Å². The standard InChI is InChI=1S/C46H76O10/c1-3-5-7-9-11-13-15-17-18-19-20-21-22-23-25-26-28-30-32-34-41(48)53-37-39(38-54-46-45(52)44(51)43(50)40(36-47)56-46)55-42(49)35-33-31-29-27-24-16-14-12-10-8-6-4-2/h5,7,11-14,17-18,20-21,23,25,39-40,43-47,50-52H,3-4,6,8-10,15-16,19,22,24,26-38H2,1-2H3/b7-5+,13-11+,14-12+,18-17+,21-20+,25-23+/t39-,40-,43+,44?,45?,46-/m0/s1. The highest BCUT2D eigenvalue weighted by Gasteiger charge is 2.44. The number of hydrogen-bond acceptors (Lipinski definition) is 10. The number of aliphatic hydroxyl groups is 4. The number of aliphatic hydroxyl groups excluding tert-OH is 4. The summed E-state index contributed by atoms with van der Waals surface area (Å²) >= 11 is 0. The van der Waals surface area contributed by atoms with Gasteiger partial charge in [0.25, 0.3) is 0 Å². The van der Waals surface area contributed by atoms with Crippen LogP contribution in [-0.2, 0) is 28.5 Å². The number of carbonyl (C=O) groups excluding carboxylic acids is 2. The van der Waals surface area contributed by atoms with Crippen LogP contribution in [0.5, 0.6) is 0 Å². The van der Waals surface area contributed by atoms with Crippen molar-refractivity contribution in [1.29, 1.82) is 0 Å². The van der Waals surface area contributed by atoms with Crippen molar-refractivity contribution in [1.82, 2.24) is 0 Å². The lowest BCUT2D eigenvalue weighted by atomic mass is 9.99. The van der Waals surface area contributed by atoms with Crippen molar-refractivity contribution in [2.45, 2.75) is 185 Å². The van der Waals surface area contributed by atoms with Crippen molar-refractivity contribution in [2.75, 3.05) is 19.8 Å². The Morgan fingerprint density at radius 3 is 1.62 bits per heavy atom. The number of allylic oxidation sites excluding steroid dienone is 12. The van der Waals surface area contributed by atoms with Crippen molar-refractivity contribution in [2.24, 2.45) is 0 Å². The van der Waals surface area contributed by atoms with E-state index in [1.54, 1.807) is 0 Å². The molecular weight excluding hydrogens is 712 g/mol. The van der Waals surface area contributed by atoms with E-state index in [1.165, 1.54) is 19.3 Å². The van der Waals surface area contributed by atoms with Crippen molar-refractivity contribution in [3.05, 3.63) is 72.9 Å². The normalized spacial score (nSPS) is 21.1. The highest BCUT2D eigenvalue weighted by molar-refractivity contribution is 5.70. The Morgan fingerprint density at radius 1 is 0.571 bits per heavy atom. The van der Waals surface area contributed by atoms with Crippen LogP contribution < -0.4 is 0 Å². The quantitative estimate of drug-likeness (QED) is 0.0283. The summed E-state index contributed by atoms with van der Waals surface area (Å²) in [6.45, 7) is 3.22. The smallest absolute Gasteiger partial charge is 0.306 e. The Balaban J connectivity index is 2.38.